The lowest BCUT2D eigenvalue weighted by molar-refractivity contribution is -0.132. The Morgan fingerprint density at radius 2 is 1.69 bits per heavy atom. The molecule has 0 radical (unpaired) electrons. The zero-order valence-corrected chi connectivity index (χ0v) is 18.3. The minimum Gasteiger partial charge on any atom is -0.508 e. The predicted octanol–water partition coefficient (Wildman–Crippen LogP) is 4.93. The summed E-state index contributed by atoms with van der Waals surface area (Å²) >= 11 is 3.35. The van der Waals surface area contributed by atoms with Gasteiger partial charge in [0, 0.05) is 11.3 Å². The standard InChI is InChI=1S/C24H17BrFNO5/c1-32-19-11-4-14(12-18(19)25)22(29)20-21(13-2-9-17(28)10-3-13)27(24(31)23(20)30)16-7-5-15(26)6-8-16/h2-12,21,28-29H,1H3/b22-20-. The van der Waals surface area contributed by atoms with Gasteiger partial charge in [0.15, 0.2) is 0 Å². The number of rotatable bonds is 4. The molecule has 3 aromatic carbocycles. The maximum atomic E-state index is 13.5. The highest BCUT2D eigenvalue weighted by atomic mass is 79.9. The second kappa shape index (κ2) is 8.47. The Morgan fingerprint density at radius 1 is 1.03 bits per heavy atom. The minimum atomic E-state index is -0.984. The third-order valence-electron chi connectivity index (χ3n) is 5.18. The Hall–Kier alpha value is -3.65. The fraction of sp³-hybridized carbons (Fsp3) is 0.0833. The van der Waals surface area contributed by atoms with Crippen LogP contribution in [0.4, 0.5) is 10.1 Å². The van der Waals surface area contributed by atoms with E-state index in [2.05, 4.69) is 15.9 Å². The van der Waals surface area contributed by atoms with Gasteiger partial charge in [0.25, 0.3) is 11.7 Å². The van der Waals surface area contributed by atoms with Crippen molar-refractivity contribution in [2.24, 2.45) is 0 Å². The second-order valence-corrected chi connectivity index (χ2v) is 7.94. The van der Waals surface area contributed by atoms with E-state index in [0.29, 0.717) is 27.0 Å². The molecule has 1 heterocycles. The molecule has 6 nitrogen and oxygen atoms in total. The van der Waals surface area contributed by atoms with Crippen molar-refractivity contribution in [1.82, 2.24) is 0 Å². The fourth-order valence-corrected chi connectivity index (χ4v) is 4.18. The summed E-state index contributed by atoms with van der Waals surface area (Å²) in [6, 6.07) is 14.9. The van der Waals surface area contributed by atoms with Gasteiger partial charge in [0.05, 0.1) is 23.2 Å². The van der Waals surface area contributed by atoms with Crippen molar-refractivity contribution in [2.75, 3.05) is 12.0 Å². The summed E-state index contributed by atoms with van der Waals surface area (Å²) in [4.78, 5) is 27.3. The highest BCUT2D eigenvalue weighted by Crippen LogP contribution is 2.43. The van der Waals surface area contributed by atoms with E-state index in [-0.39, 0.29) is 17.1 Å². The molecular formula is C24H17BrFNO5. The number of hydrogen-bond acceptors (Lipinski definition) is 5. The third kappa shape index (κ3) is 3.73. The normalized spacial score (nSPS) is 17.6. The summed E-state index contributed by atoms with van der Waals surface area (Å²) in [5.41, 5.74) is 0.961. The number of phenolic OH excluding ortho intramolecular Hbond substituents is 1. The number of carbonyl (C=O) groups excluding carboxylic acids is 2. The van der Waals surface area contributed by atoms with E-state index < -0.39 is 23.5 Å². The van der Waals surface area contributed by atoms with E-state index in [0.717, 1.165) is 0 Å². The first-order chi connectivity index (χ1) is 15.3. The summed E-state index contributed by atoms with van der Waals surface area (Å²) in [5.74, 6) is -2.06. The van der Waals surface area contributed by atoms with E-state index in [1.807, 2.05) is 0 Å². The van der Waals surface area contributed by atoms with Gasteiger partial charge in [-0.05, 0) is 76.1 Å². The smallest absolute Gasteiger partial charge is 0.300 e. The van der Waals surface area contributed by atoms with Crippen LogP contribution in [0.15, 0.2) is 76.8 Å². The number of phenols is 1. The molecule has 1 aliphatic heterocycles. The van der Waals surface area contributed by atoms with Crippen molar-refractivity contribution < 1.29 is 28.9 Å². The number of ketones is 1. The van der Waals surface area contributed by atoms with Crippen LogP contribution >= 0.6 is 15.9 Å². The number of methoxy groups -OCH3 is 1. The number of nitrogens with zero attached hydrogens (tertiary/aromatic N) is 1. The van der Waals surface area contributed by atoms with E-state index in [1.54, 1.807) is 30.3 Å². The van der Waals surface area contributed by atoms with E-state index in [4.69, 9.17) is 4.74 Å². The van der Waals surface area contributed by atoms with Crippen LogP contribution < -0.4 is 9.64 Å². The molecule has 0 aliphatic carbocycles. The number of Topliss-reactive ketones (excluding diaryl/α,β-unsaturated/α-hetero) is 1. The zero-order chi connectivity index (χ0) is 23.0. The summed E-state index contributed by atoms with van der Waals surface area (Å²) < 4.78 is 19.2. The number of anilines is 1. The van der Waals surface area contributed by atoms with Gasteiger partial charge in [-0.1, -0.05) is 12.1 Å². The van der Waals surface area contributed by atoms with Crippen molar-refractivity contribution in [3.8, 4) is 11.5 Å². The van der Waals surface area contributed by atoms with Crippen LogP contribution in [0.5, 0.6) is 11.5 Å². The maximum absolute atomic E-state index is 13.5. The molecular weight excluding hydrogens is 481 g/mol. The molecule has 1 atom stereocenters. The lowest BCUT2D eigenvalue weighted by atomic mass is 9.95. The average Bonchev–Trinajstić information content (AvgIpc) is 3.05. The molecule has 32 heavy (non-hydrogen) atoms. The summed E-state index contributed by atoms with van der Waals surface area (Å²) in [7, 11) is 1.50. The largest absolute Gasteiger partial charge is 0.508 e. The molecule has 0 saturated carbocycles. The van der Waals surface area contributed by atoms with Crippen LogP contribution in [0.1, 0.15) is 17.2 Å². The first kappa shape index (κ1) is 21.6. The molecule has 0 bridgehead atoms. The fourth-order valence-electron chi connectivity index (χ4n) is 3.64. The zero-order valence-electron chi connectivity index (χ0n) is 16.8. The second-order valence-electron chi connectivity index (χ2n) is 7.09. The number of benzene rings is 3. The van der Waals surface area contributed by atoms with Crippen LogP contribution in [0, 0.1) is 5.82 Å². The first-order valence-electron chi connectivity index (χ1n) is 9.51. The molecule has 2 N–H and O–H groups in total. The van der Waals surface area contributed by atoms with Gasteiger partial charge in [0.2, 0.25) is 0 Å². The van der Waals surface area contributed by atoms with Crippen LogP contribution in [-0.2, 0) is 9.59 Å². The molecule has 162 valence electrons. The van der Waals surface area contributed by atoms with Crippen molar-refractivity contribution in [2.45, 2.75) is 6.04 Å². The van der Waals surface area contributed by atoms with Crippen molar-refractivity contribution in [3.05, 3.63) is 93.7 Å². The predicted molar refractivity (Wildman–Crippen MR) is 120 cm³/mol. The Morgan fingerprint density at radius 3 is 2.28 bits per heavy atom. The van der Waals surface area contributed by atoms with Crippen LogP contribution in [0.3, 0.4) is 0 Å². The molecule has 1 fully saturated rings. The van der Waals surface area contributed by atoms with Gasteiger partial charge < -0.3 is 14.9 Å². The Kier molecular flexibility index (Phi) is 5.71. The van der Waals surface area contributed by atoms with Gasteiger partial charge in [-0.25, -0.2) is 4.39 Å². The van der Waals surface area contributed by atoms with Crippen molar-refractivity contribution in [1.29, 1.82) is 0 Å². The number of amides is 1. The number of aliphatic hydroxyl groups is 1. The van der Waals surface area contributed by atoms with Crippen molar-refractivity contribution in [3.63, 3.8) is 0 Å². The monoisotopic (exact) mass is 497 g/mol. The topological polar surface area (TPSA) is 87.1 Å². The van der Waals surface area contributed by atoms with Gasteiger partial charge in [-0.3, -0.25) is 14.5 Å². The highest BCUT2D eigenvalue weighted by Gasteiger charge is 2.47. The number of ether oxygens (including phenoxy) is 1. The summed E-state index contributed by atoms with van der Waals surface area (Å²) in [6.45, 7) is 0. The molecule has 1 saturated heterocycles. The number of halogens is 2. The van der Waals surface area contributed by atoms with Crippen LogP contribution in [0.2, 0.25) is 0 Å². The molecule has 8 heteroatoms. The molecule has 4 rings (SSSR count). The molecule has 1 amide bonds. The molecule has 1 unspecified atom stereocenters. The SMILES string of the molecule is COc1ccc(/C(O)=C2/C(=O)C(=O)N(c3ccc(F)cc3)C2c2ccc(O)cc2)cc1Br. The van der Waals surface area contributed by atoms with Gasteiger partial charge in [-0.15, -0.1) is 0 Å². The summed E-state index contributed by atoms with van der Waals surface area (Å²) in [6.07, 6.45) is 0. The van der Waals surface area contributed by atoms with Gasteiger partial charge in [-0.2, -0.15) is 0 Å². The van der Waals surface area contributed by atoms with Gasteiger partial charge in [0.1, 0.15) is 23.1 Å². The molecule has 1 aliphatic rings. The van der Waals surface area contributed by atoms with E-state index in [1.165, 1.54) is 48.4 Å². The summed E-state index contributed by atoms with van der Waals surface area (Å²) in [5, 5.41) is 20.8. The lowest BCUT2D eigenvalue weighted by Gasteiger charge is -2.25. The van der Waals surface area contributed by atoms with E-state index in [9.17, 15) is 24.2 Å². The quantitative estimate of drug-likeness (QED) is 0.303. The number of aliphatic hydroxyl groups excluding tert-OH is 1. The molecule has 3 aromatic rings. The highest BCUT2D eigenvalue weighted by molar-refractivity contribution is 9.10. The average molecular weight is 498 g/mol. The number of carbonyl (C=O) groups is 2. The van der Waals surface area contributed by atoms with Crippen LogP contribution in [-0.4, -0.2) is 29.0 Å². The maximum Gasteiger partial charge on any atom is 0.300 e. The Balaban J connectivity index is 1.93. The Bertz CT molecular complexity index is 1240. The number of aromatic hydroxyl groups is 1. The van der Waals surface area contributed by atoms with Crippen molar-refractivity contribution >= 4 is 39.1 Å². The third-order valence-corrected chi connectivity index (χ3v) is 5.80. The number of hydrogen-bond donors (Lipinski definition) is 2. The Labute approximate surface area is 191 Å². The first-order valence-corrected chi connectivity index (χ1v) is 10.3. The van der Waals surface area contributed by atoms with Crippen LogP contribution in [0.25, 0.3) is 5.76 Å². The molecule has 0 aromatic heterocycles. The molecule has 0 spiro atoms. The van der Waals surface area contributed by atoms with E-state index >= 15 is 0 Å². The van der Waals surface area contributed by atoms with Gasteiger partial charge >= 0.3 is 0 Å². The minimum absolute atomic E-state index is 0.00608. The lowest BCUT2D eigenvalue weighted by Crippen LogP contribution is -2.29.